The number of pyridine rings is 1. The van der Waals surface area contributed by atoms with Crippen molar-refractivity contribution in [3.8, 4) is 0 Å². The topological polar surface area (TPSA) is 45.2 Å². The molecule has 4 nitrogen and oxygen atoms in total. The Labute approximate surface area is 135 Å². The van der Waals surface area contributed by atoms with E-state index in [9.17, 15) is 9.18 Å². The van der Waals surface area contributed by atoms with E-state index >= 15 is 0 Å². The molecule has 5 heteroatoms. The summed E-state index contributed by atoms with van der Waals surface area (Å²) in [6.07, 6.45) is 3.44. The molecular weight excluding hydrogens is 293 g/mol. The molecule has 1 aromatic heterocycles. The van der Waals surface area contributed by atoms with Crippen molar-refractivity contribution in [3.63, 3.8) is 0 Å². The zero-order valence-corrected chi connectivity index (χ0v) is 13.1. The minimum Gasteiger partial charge on any atom is -0.355 e. The van der Waals surface area contributed by atoms with Crippen LogP contribution in [0.4, 0.5) is 4.39 Å². The maximum absolute atomic E-state index is 13.9. The van der Waals surface area contributed by atoms with Crippen molar-refractivity contribution in [2.24, 2.45) is 0 Å². The Bertz CT molecular complexity index is 704. The first-order valence-corrected chi connectivity index (χ1v) is 7.86. The van der Waals surface area contributed by atoms with Crippen LogP contribution in [0.2, 0.25) is 0 Å². The van der Waals surface area contributed by atoms with Crippen molar-refractivity contribution in [2.45, 2.75) is 32.5 Å². The molecule has 23 heavy (non-hydrogen) atoms. The fraction of sp³-hybridized carbons (Fsp3) is 0.333. The summed E-state index contributed by atoms with van der Waals surface area (Å²) in [5.74, 6) is -0.336. The molecule has 0 bridgehead atoms. The smallest absolute Gasteiger partial charge is 0.237 e. The van der Waals surface area contributed by atoms with E-state index in [4.69, 9.17) is 0 Å². The fourth-order valence-corrected chi connectivity index (χ4v) is 3.04. The predicted octanol–water partition coefficient (Wildman–Crippen LogP) is 2.28. The fourth-order valence-electron chi connectivity index (χ4n) is 3.04. The van der Waals surface area contributed by atoms with Crippen LogP contribution >= 0.6 is 0 Å². The summed E-state index contributed by atoms with van der Waals surface area (Å²) < 4.78 is 13.9. The second-order valence-corrected chi connectivity index (χ2v) is 5.76. The van der Waals surface area contributed by atoms with Crippen molar-refractivity contribution in [1.29, 1.82) is 0 Å². The minimum atomic E-state index is -0.332. The van der Waals surface area contributed by atoms with Gasteiger partial charge < -0.3 is 5.32 Å². The number of hydrogen-bond donors (Lipinski definition) is 1. The lowest BCUT2D eigenvalue weighted by Crippen LogP contribution is -2.49. The summed E-state index contributed by atoms with van der Waals surface area (Å²) in [5, 5.41) is 2.89. The van der Waals surface area contributed by atoms with Crippen molar-refractivity contribution in [2.75, 3.05) is 6.54 Å². The molecular formula is C18H20FN3O. The summed E-state index contributed by atoms with van der Waals surface area (Å²) in [4.78, 5) is 18.3. The molecule has 3 rings (SSSR count). The lowest BCUT2D eigenvalue weighted by atomic mass is 9.93. The molecule has 120 valence electrons. The van der Waals surface area contributed by atoms with Gasteiger partial charge >= 0.3 is 0 Å². The van der Waals surface area contributed by atoms with Gasteiger partial charge in [0.1, 0.15) is 5.82 Å². The van der Waals surface area contributed by atoms with E-state index in [-0.39, 0.29) is 17.8 Å². The number of carbonyl (C=O) groups excluding carboxylic acids is 1. The maximum Gasteiger partial charge on any atom is 0.237 e. The van der Waals surface area contributed by atoms with Gasteiger partial charge in [-0.15, -0.1) is 0 Å². The van der Waals surface area contributed by atoms with Crippen molar-refractivity contribution >= 4 is 5.91 Å². The van der Waals surface area contributed by atoms with Gasteiger partial charge in [0, 0.05) is 31.4 Å². The third-order valence-electron chi connectivity index (χ3n) is 4.23. The van der Waals surface area contributed by atoms with Gasteiger partial charge in [-0.3, -0.25) is 14.7 Å². The first-order chi connectivity index (χ1) is 11.2. The lowest BCUT2D eigenvalue weighted by molar-refractivity contribution is -0.127. The number of nitrogens with zero attached hydrogens (tertiary/aromatic N) is 2. The number of nitrogens with one attached hydrogen (secondary N) is 1. The van der Waals surface area contributed by atoms with Crippen LogP contribution < -0.4 is 5.32 Å². The molecule has 0 saturated heterocycles. The summed E-state index contributed by atoms with van der Waals surface area (Å²) >= 11 is 0. The van der Waals surface area contributed by atoms with Gasteiger partial charge in [-0.2, -0.15) is 0 Å². The Kier molecular flexibility index (Phi) is 4.67. The van der Waals surface area contributed by atoms with E-state index in [0.29, 0.717) is 31.6 Å². The van der Waals surface area contributed by atoms with Gasteiger partial charge in [0.15, 0.2) is 0 Å². The van der Waals surface area contributed by atoms with Crippen molar-refractivity contribution in [3.05, 3.63) is 65.2 Å². The standard InChI is InChI=1S/C18H20FN3O/c1-2-21-18(23)17-9-13-5-3-4-6-14(13)11-22(17)12-15-7-8-20-10-16(15)19/h3-8,10,17H,2,9,11-12H2,1H3,(H,21,23)/t17-/m1/s1. The molecule has 1 aromatic carbocycles. The first kappa shape index (κ1) is 15.6. The zero-order chi connectivity index (χ0) is 16.2. The van der Waals surface area contributed by atoms with Crippen LogP contribution in [0.25, 0.3) is 0 Å². The molecule has 1 aliphatic heterocycles. The number of fused-ring (bicyclic) bond motifs is 1. The van der Waals surface area contributed by atoms with E-state index in [2.05, 4.69) is 22.4 Å². The third kappa shape index (κ3) is 3.40. The van der Waals surface area contributed by atoms with Crippen LogP contribution in [0, 0.1) is 5.82 Å². The van der Waals surface area contributed by atoms with E-state index in [1.54, 1.807) is 12.3 Å². The minimum absolute atomic E-state index is 0.00327. The molecule has 0 aliphatic carbocycles. The summed E-state index contributed by atoms with van der Waals surface area (Å²) in [7, 11) is 0. The Balaban J connectivity index is 1.88. The largest absolute Gasteiger partial charge is 0.355 e. The lowest BCUT2D eigenvalue weighted by Gasteiger charge is -2.36. The number of carbonyl (C=O) groups is 1. The number of likely N-dealkylation sites (N-methyl/N-ethyl adjacent to an activating group) is 1. The number of hydrogen-bond acceptors (Lipinski definition) is 3. The highest BCUT2D eigenvalue weighted by atomic mass is 19.1. The van der Waals surface area contributed by atoms with Crippen LogP contribution in [-0.4, -0.2) is 28.4 Å². The quantitative estimate of drug-likeness (QED) is 0.942. The van der Waals surface area contributed by atoms with Crippen LogP contribution in [0.3, 0.4) is 0 Å². The van der Waals surface area contributed by atoms with Crippen molar-refractivity contribution in [1.82, 2.24) is 15.2 Å². The normalized spacial score (nSPS) is 17.6. The highest BCUT2D eigenvalue weighted by molar-refractivity contribution is 5.82. The Morgan fingerprint density at radius 2 is 2.13 bits per heavy atom. The summed E-state index contributed by atoms with van der Waals surface area (Å²) in [6.45, 7) is 3.53. The predicted molar refractivity (Wildman–Crippen MR) is 86.1 cm³/mol. The number of amides is 1. The van der Waals surface area contributed by atoms with E-state index in [1.165, 1.54) is 17.3 Å². The zero-order valence-electron chi connectivity index (χ0n) is 13.1. The average molecular weight is 313 g/mol. The van der Waals surface area contributed by atoms with Crippen LogP contribution in [0.5, 0.6) is 0 Å². The first-order valence-electron chi connectivity index (χ1n) is 7.86. The van der Waals surface area contributed by atoms with Crippen LogP contribution in [0.1, 0.15) is 23.6 Å². The van der Waals surface area contributed by atoms with E-state index in [1.807, 2.05) is 24.0 Å². The second kappa shape index (κ2) is 6.87. The van der Waals surface area contributed by atoms with Gasteiger partial charge in [0.25, 0.3) is 0 Å². The van der Waals surface area contributed by atoms with Gasteiger partial charge in [-0.05, 0) is 30.5 Å². The molecule has 0 fully saturated rings. The van der Waals surface area contributed by atoms with Gasteiger partial charge in [0.05, 0.1) is 12.2 Å². The number of rotatable bonds is 4. The molecule has 1 atom stereocenters. The van der Waals surface area contributed by atoms with E-state index < -0.39 is 0 Å². The van der Waals surface area contributed by atoms with E-state index in [0.717, 1.165) is 0 Å². The van der Waals surface area contributed by atoms with Gasteiger partial charge in [-0.25, -0.2) is 4.39 Å². The summed E-state index contributed by atoms with van der Waals surface area (Å²) in [6, 6.07) is 9.51. The number of halogens is 1. The number of aromatic nitrogens is 1. The third-order valence-corrected chi connectivity index (χ3v) is 4.23. The maximum atomic E-state index is 13.9. The molecule has 1 N–H and O–H groups in total. The Morgan fingerprint density at radius 1 is 1.35 bits per heavy atom. The average Bonchev–Trinajstić information content (AvgIpc) is 2.56. The molecule has 0 spiro atoms. The highest BCUT2D eigenvalue weighted by Gasteiger charge is 2.31. The molecule has 1 amide bonds. The molecule has 0 radical (unpaired) electrons. The van der Waals surface area contributed by atoms with Gasteiger partial charge in [-0.1, -0.05) is 24.3 Å². The Hall–Kier alpha value is -2.27. The van der Waals surface area contributed by atoms with Crippen molar-refractivity contribution < 1.29 is 9.18 Å². The van der Waals surface area contributed by atoms with Crippen LogP contribution in [-0.2, 0) is 24.3 Å². The monoisotopic (exact) mass is 313 g/mol. The second-order valence-electron chi connectivity index (χ2n) is 5.76. The number of benzene rings is 1. The Morgan fingerprint density at radius 3 is 2.87 bits per heavy atom. The molecule has 0 saturated carbocycles. The molecule has 1 aliphatic rings. The SMILES string of the molecule is CCNC(=O)[C@H]1Cc2ccccc2CN1Cc1ccncc1F. The van der Waals surface area contributed by atoms with Gasteiger partial charge in [0.2, 0.25) is 5.91 Å². The molecule has 0 unspecified atom stereocenters. The molecule has 2 heterocycles. The van der Waals surface area contributed by atoms with Crippen LogP contribution in [0.15, 0.2) is 42.7 Å². The summed E-state index contributed by atoms with van der Waals surface area (Å²) in [5.41, 5.74) is 2.95. The highest BCUT2D eigenvalue weighted by Crippen LogP contribution is 2.25. The molecule has 2 aromatic rings.